The molecule has 0 spiro atoms. The molecule has 0 aliphatic rings. The predicted molar refractivity (Wildman–Crippen MR) is 395 cm³/mol. The van der Waals surface area contributed by atoms with Gasteiger partial charge in [0, 0.05) is 74.0 Å². The molecule has 0 N–H and O–H groups in total. The fraction of sp³-hybridized carbons (Fsp3) is 0.125. The van der Waals surface area contributed by atoms with Crippen molar-refractivity contribution in [3.8, 4) is 11.4 Å². The maximum atomic E-state index is 4.90. The van der Waals surface area contributed by atoms with Crippen LogP contribution in [0, 0.1) is 0 Å². The van der Waals surface area contributed by atoms with Gasteiger partial charge >= 0.3 is 0 Å². The fourth-order valence-corrected chi connectivity index (χ4v) is 12.0. The molecule has 0 unspecified atom stereocenters. The normalized spacial score (nSPS) is 10.7. The van der Waals surface area contributed by atoms with Crippen molar-refractivity contribution in [1.29, 1.82) is 0 Å². The van der Waals surface area contributed by atoms with E-state index in [2.05, 4.69) is 293 Å². The zero-order valence-corrected chi connectivity index (χ0v) is 49.0. The summed E-state index contributed by atoms with van der Waals surface area (Å²) in [5.74, 6) is 3.75. The average molecular weight is 1210 g/mol. The van der Waals surface area contributed by atoms with Crippen LogP contribution in [0.4, 0.5) is 11.4 Å². The minimum atomic E-state index is 0. The van der Waals surface area contributed by atoms with Gasteiger partial charge in [0.2, 0.25) is 17.3 Å². The Morgan fingerprint density at radius 2 is 0.522 bits per heavy atom. The van der Waals surface area contributed by atoms with Gasteiger partial charge in [-0.05, 0) is 109 Å². The molecule has 7 aromatic heterocycles. The topological polar surface area (TPSA) is 87.7 Å². The molecule has 462 valence electrons. The number of aromatic nitrogens is 11. The van der Waals surface area contributed by atoms with Crippen LogP contribution in [0.5, 0.6) is 0 Å². The molecule has 0 atom stereocenters. The van der Waals surface area contributed by atoms with E-state index in [9.17, 15) is 0 Å². The van der Waals surface area contributed by atoms with Crippen LogP contribution >= 0.6 is 0 Å². The van der Waals surface area contributed by atoms with Gasteiger partial charge in [-0.3, -0.25) is 17.8 Å². The molecule has 0 saturated heterocycles. The molecule has 0 aliphatic heterocycles. The third kappa shape index (κ3) is 11.7. The Morgan fingerprint density at radius 3 is 0.913 bits per heavy atom. The Kier molecular flexibility index (Phi) is 19.7. The van der Waals surface area contributed by atoms with Crippen molar-refractivity contribution >= 4 is 117 Å². The molecule has 0 bridgehead atoms. The molecular weight excluding hydrogens is 1130 g/mol. The first-order valence-corrected chi connectivity index (χ1v) is 29.1. The average Bonchev–Trinajstić information content (AvgIpc) is 1.59. The van der Waals surface area contributed by atoms with Crippen molar-refractivity contribution < 1.29 is 0 Å². The highest BCUT2D eigenvalue weighted by Gasteiger charge is 2.17. The number of anilines is 2. The minimum absolute atomic E-state index is 0. The van der Waals surface area contributed by atoms with Gasteiger partial charge in [-0.1, -0.05) is 213 Å². The van der Waals surface area contributed by atoms with Crippen molar-refractivity contribution in [2.75, 3.05) is 11.9 Å². The SMILES string of the molecule is C.C.C.C.C.CN(c1ccccc1)c1ccccc1.Cn1c(-c2ccccc2)nc2ccccc21.Cn1c2ccccc2c2ccccc21.Cn1c2ccccc2n2c3ccccc3nc12.Cn1c2nc3ccccc3n2c2ccccc2n2c3ccccc3nc12. The second kappa shape index (κ2) is 27.9. The third-order valence-corrected chi connectivity index (χ3v) is 16.3. The van der Waals surface area contributed by atoms with Crippen LogP contribution in [0.15, 0.2) is 285 Å². The zero-order valence-electron chi connectivity index (χ0n) is 49.0. The minimum Gasteiger partial charge on any atom is -0.345 e. The number of nitrogens with zero attached hydrogens (tertiary/aromatic N) is 12. The number of rotatable bonds is 3. The number of fused-ring (bicyclic) bond motifs is 18. The summed E-state index contributed by atoms with van der Waals surface area (Å²) in [5.41, 5.74) is 19.4. The Labute approximate surface area is 539 Å². The van der Waals surface area contributed by atoms with Gasteiger partial charge in [0.05, 0.1) is 66.2 Å². The first-order valence-electron chi connectivity index (χ1n) is 29.1. The van der Waals surface area contributed by atoms with Crippen LogP contribution < -0.4 is 4.90 Å². The van der Waals surface area contributed by atoms with E-state index in [1.54, 1.807) is 0 Å². The molecule has 92 heavy (non-hydrogen) atoms. The number of para-hydroxylation sites is 16. The van der Waals surface area contributed by atoms with Gasteiger partial charge in [-0.25, -0.2) is 19.9 Å². The highest BCUT2D eigenvalue weighted by Crippen LogP contribution is 2.30. The maximum absolute atomic E-state index is 4.90. The molecule has 12 heteroatoms. The Morgan fingerprint density at radius 1 is 0.239 bits per heavy atom. The van der Waals surface area contributed by atoms with Crippen LogP contribution in [0.25, 0.3) is 117 Å². The maximum Gasteiger partial charge on any atom is 0.218 e. The van der Waals surface area contributed by atoms with Crippen molar-refractivity contribution in [3.05, 3.63) is 285 Å². The van der Waals surface area contributed by atoms with Gasteiger partial charge in [0.15, 0.2) is 0 Å². The molecule has 0 fully saturated rings. The standard InChI is InChI=1S/C21H15N5.C14H11N3.C14H12N2.C13H11N.C13H13N.5CH4/c1-24-20-22-14-8-2-4-10-16(14)25(20)18-12-6-7-13-19(18)26-17-11-5-3-9-15(17)23-21(24)26;1-16-12-8-4-5-9-13(12)17-11-7-3-2-6-10(11)15-14(16)17;1-16-13-10-6-5-9-12(13)15-14(16)11-7-3-2-4-8-11;1-14-12-8-4-2-6-10(12)11-7-3-5-9-13(11)14;1-14(12-8-4-2-5-9-12)13-10-6-3-7-11-13;;;;;/h2-13H,1H3;2-9H,1H3;2-10H,1H3;2-9H,1H3;2-11H,1H3;5*1H4. The van der Waals surface area contributed by atoms with Crippen molar-refractivity contribution in [2.24, 2.45) is 28.2 Å². The smallest absolute Gasteiger partial charge is 0.218 e. The van der Waals surface area contributed by atoms with Gasteiger partial charge in [0.1, 0.15) is 5.82 Å². The largest absolute Gasteiger partial charge is 0.345 e. The summed E-state index contributed by atoms with van der Waals surface area (Å²) in [6.45, 7) is 0. The molecule has 7 heterocycles. The lowest BCUT2D eigenvalue weighted by molar-refractivity contribution is 0.913. The Balaban J connectivity index is 0.000000137. The second-order valence-electron chi connectivity index (χ2n) is 21.5. The molecule has 0 saturated carbocycles. The highest BCUT2D eigenvalue weighted by atomic mass is 15.3. The molecular formula is C80H82N12. The summed E-state index contributed by atoms with van der Waals surface area (Å²) < 4.78 is 15.2. The summed E-state index contributed by atoms with van der Waals surface area (Å²) >= 11 is 0. The summed E-state index contributed by atoms with van der Waals surface area (Å²) in [5, 5.41) is 2.68. The molecule has 11 aromatic carbocycles. The summed E-state index contributed by atoms with van der Waals surface area (Å²) in [7, 11) is 10.3. The quantitative estimate of drug-likeness (QED) is 0.176. The predicted octanol–water partition coefficient (Wildman–Crippen LogP) is 20.5. The second-order valence-corrected chi connectivity index (χ2v) is 21.5. The van der Waals surface area contributed by atoms with Crippen LogP contribution in [-0.4, -0.2) is 58.5 Å². The van der Waals surface area contributed by atoms with E-state index < -0.39 is 0 Å². The fourth-order valence-electron chi connectivity index (χ4n) is 12.0. The van der Waals surface area contributed by atoms with Gasteiger partial charge in [0.25, 0.3) is 0 Å². The van der Waals surface area contributed by atoms with Gasteiger partial charge in [-0.2, -0.15) is 0 Å². The van der Waals surface area contributed by atoms with Crippen molar-refractivity contribution in [3.63, 3.8) is 0 Å². The molecule has 0 amide bonds. The zero-order chi connectivity index (χ0) is 59.0. The number of hydrogen-bond donors (Lipinski definition) is 0. The van der Waals surface area contributed by atoms with E-state index in [0.717, 1.165) is 72.9 Å². The summed E-state index contributed by atoms with van der Waals surface area (Å²) in [4.78, 5) is 21.3. The monoisotopic (exact) mass is 1210 g/mol. The van der Waals surface area contributed by atoms with E-state index >= 15 is 0 Å². The van der Waals surface area contributed by atoms with E-state index in [-0.39, 0.29) is 37.1 Å². The van der Waals surface area contributed by atoms with E-state index in [4.69, 9.17) is 9.97 Å². The van der Waals surface area contributed by atoms with Crippen LogP contribution in [0.2, 0.25) is 0 Å². The highest BCUT2D eigenvalue weighted by molar-refractivity contribution is 6.08. The number of hydrogen-bond acceptors (Lipinski definition) is 5. The first-order chi connectivity index (χ1) is 42.8. The number of benzene rings is 11. The first kappa shape index (κ1) is 65.0. The number of aryl methyl sites for hydroxylation is 4. The lowest BCUT2D eigenvalue weighted by Crippen LogP contribution is -2.08. The number of imidazole rings is 5. The lowest BCUT2D eigenvalue weighted by Gasteiger charge is -2.18. The molecule has 18 rings (SSSR count). The van der Waals surface area contributed by atoms with Crippen LogP contribution in [0.3, 0.4) is 0 Å². The van der Waals surface area contributed by atoms with E-state index in [1.807, 2.05) is 73.8 Å². The summed E-state index contributed by atoms with van der Waals surface area (Å²) in [6.07, 6.45) is 0. The summed E-state index contributed by atoms with van der Waals surface area (Å²) in [6, 6.07) is 97.7. The Bertz CT molecular complexity index is 5280. The van der Waals surface area contributed by atoms with Gasteiger partial charge < -0.3 is 18.6 Å². The van der Waals surface area contributed by atoms with E-state index in [1.165, 1.54) is 55.2 Å². The third-order valence-electron chi connectivity index (χ3n) is 16.3. The van der Waals surface area contributed by atoms with Crippen LogP contribution in [-0.2, 0) is 28.2 Å². The molecule has 12 nitrogen and oxygen atoms in total. The molecule has 18 aromatic rings. The van der Waals surface area contributed by atoms with Gasteiger partial charge in [-0.15, -0.1) is 0 Å². The van der Waals surface area contributed by atoms with Crippen molar-refractivity contribution in [2.45, 2.75) is 37.1 Å². The van der Waals surface area contributed by atoms with E-state index in [0.29, 0.717) is 0 Å². The van der Waals surface area contributed by atoms with Crippen molar-refractivity contribution in [1.82, 2.24) is 51.4 Å². The lowest BCUT2D eigenvalue weighted by atomic mass is 10.2. The molecule has 0 radical (unpaired) electrons. The van der Waals surface area contributed by atoms with Crippen LogP contribution in [0.1, 0.15) is 37.1 Å². The molecule has 0 aliphatic carbocycles. The Hall–Kier alpha value is -11.5.